The molecule has 0 bridgehead atoms. The van der Waals surface area contributed by atoms with Crippen molar-refractivity contribution in [1.82, 2.24) is 5.32 Å². The Hall–Kier alpha value is -1.22. The molecule has 0 spiro atoms. The molecule has 0 aliphatic heterocycles. The topological polar surface area (TPSA) is 38.3 Å². The summed E-state index contributed by atoms with van der Waals surface area (Å²) in [6, 6.07) is 7.32. The number of nitrogens with one attached hydrogen (secondary N) is 1. The van der Waals surface area contributed by atoms with Gasteiger partial charge in [-0.15, -0.1) is 11.6 Å². The molecular formula is C15H22ClNO2. The molecule has 0 aliphatic rings. The van der Waals surface area contributed by atoms with Crippen molar-refractivity contribution in [1.29, 1.82) is 0 Å². The second-order valence-electron chi connectivity index (χ2n) is 4.29. The summed E-state index contributed by atoms with van der Waals surface area (Å²) in [5.41, 5.74) is 0.602. The van der Waals surface area contributed by atoms with Crippen molar-refractivity contribution in [2.75, 3.05) is 19.0 Å². The van der Waals surface area contributed by atoms with Crippen LogP contribution in [0.2, 0.25) is 0 Å². The highest BCUT2D eigenvalue weighted by Gasteiger charge is 2.10. The van der Waals surface area contributed by atoms with Crippen LogP contribution in [0.5, 0.6) is 5.75 Å². The van der Waals surface area contributed by atoms with Gasteiger partial charge < -0.3 is 10.1 Å². The first-order chi connectivity index (χ1) is 9.29. The van der Waals surface area contributed by atoms with Crippen LogP contribution in [0.1, 0.15) is 43.0 Å². The Labute approximate surface area is 120 Å². The van der Waals surface area contributed by atoms with E-state index in [9.17, 15) is 4.79 Å². The highest BCUT2D eigenvalue weighted by atomic mass is 35.5. The molecule has 0 aliphatic carbocycles. The van der Waals surface area contributed by atoms with E-state index in [-0.39, 0.29) is 5.91 Å². The predicted molar refractivity (Wildman–Crippen MR) is 79.1 cm³/mol. The Kier molecular flexibility index (Phi) is 8.07. The molecule has 0 saturated carbocycles. The third-order valence-corrected chi connectivity index (χ3v) is 3.04. The molecule has 0 heterocycles. The zero-order chi connectivity index (χ0) is 13.9. The molecule has 1 N–H and O–H groups in total. The molecule has 19 heavy (non-hydrogen) atoms. The van der Waals surface area contributed by atoms with E-state index in [1.807, 2.05) is 25.1 Å². The van der Waals surface area contributed by atoms with Gasteiger partial charge in [-0.1, -0.05) is 25.0 Å². The third kappa shape index (κ3) is 5.97. The van der Waals surface area contributed by atoms with Crippen LogP contribution < -0.4 is 10.1 Å². The number of hydrogen-bond acceptors (Lipinski definition) is 2. The number of halogens is 1. The fourth-order valence-corrected chi connectivity index (χ4v) is 1.99. The number of unbranched alkanes of at least 4 members (excludes halogenated alkanes) is 3. The largest absolute Gasteiger partial charge is 0.493 e. The third-order valence-electron chi connectivity index (χ3n) is 2.78. The SMILES string of the molecule is CCOc1ccccc1C(=O)NCCCCCCCl. The van der Waals surface area contributed by atoms with Crippen molar-refractivity contribution in [3.63, 3.8) is 0 Å². The first-order valence-corrected chi connectivity index (χ1v) is 7.39. The molecule has 0 radical (unpaired) electrons. The summed E-state index contributed by atoms with van der Waals surface area (Å²) in [4.78, 5) is 12.0. The van der Waals surface area contributed by atoms with Crippen LogP contribution in [0.15, 0.2) is 24.3 Å². The fraction of sp³-hybridized carbons (Fsp3) is 0.533. The molecular weight excluding hydrogens is 262 g/mol. The van der Waals surface area contributed by atoms with Crippen molar-refractivity contribution in [3.8, 4) is 5.75 Å². The molecule has 0 atom stereocenters. The van der Waals surface area contributed by atoms with E-state index in [1.165, 1.54) is 0 Å². The minimum Gasteiger partial charge on any atom is -0.493 e. The van der Waals surface area contributed by atoms with Crippen LogP contribution in [0.25, 0.3) is 0 Å². The summed E-state index contributed by atoms with van der Waals surface area (Å²) < 4.78 is 5.44. The molecule has 4 heteroatoms. The quantitative estimate of drug-likeness (QED) is 0.555. The molecule has 1 amide bonds. The molecule has 1 aromatic rings. The van der Waals surface area contributed by atoms with Crippen LogP contribution in [0.3, 0.4) is 0 Å². The number of benzene rings is 1. The van der Waals surface area contributed by atoms with Gasteiger partial charge in [-0.05, 0) is 31.9 Å². The number of carbonyl (C=O) groups is 1. The molecule has 0 fully saturated rings. The van der Waals surface area contributed by atoms with Crippen LogP contribution in [-0.4, -0.2) is 24.9 Å². The van der Waals surface area contributed by atoms with Gasteiger partial charge in [0.2, 0.25) is 0 Å². The van der Waals surface area contributed by atoms with Crippen molar-refractivity contribution < 1.29 is 9.53 Å². The minimum absolute atomic E-state index is 0.0682. The van der Waals surface area contributed by atoms with Gasteiger partial charge in [-0.25, -0.2) is 0 Å². The molecule has 3 nitrogen and oxygen atoms in total. The van der Waals surface area contributed by atoms with E-state index in [0.717, 1.165) is 25.7 Å². The Morgan fingerprint density at radius 3 is 2.68 bits per heavy atom. The van der Waals surface area contributed by atoms with E-state index in [1.54, 1.807) is 6.07 Å². The van der Waals surface area contributed by atoms with Crippen molar-refractivity contribution in [3.05, 3.63) is 29.8 Å². The highest BCUT2D eigenvalue weighted by Crippen LogP contribution is 2.17. The second kappa shape index (κ2) is 9.68. The molecule has 0 aromatic heterocycles. The lowest BCUT2D eigenvalue weighted by molar-refractivity contribution is 0.0949. The molecule has 0 saturated heterocycles. The van der Waals surface area contributed by atoms with Gasteiger partial charge >= 0.3 is 0 Å². The van der Waals surface area contributed by atoms with E-state index < -0.39 is 0 Å². The molecule has 106 valence electrons. The van der Waals surface area contributed by atoms with Gasteiger partial charge in [-0.3, -0.25) is 4.79 Å². The standard InChI is InChI=1S/C15H22ClNO2/c1-2-19-14-10-6-5-9-13(14)15(18)17-12-8-4-3-7-11-16/h5-6,9-10H,2-4,7-8,11-12H2,1H3,(H,17,18). The fourth-order valence-electron chi connectivity index (χ4n) is 1.81. The van der Waals surface area contributed by atoms with Crippen LogP contribution in [0.4, 0.5) is 0 Å². The maximum Gasteiger partial charge on any atom is 0.255 e. The number of rotatable bonds is 9. The molecule has 0 unspecified atom stereocenters. The minimum atomic E-state index is -0.0682. The summed E-state index contributed by atoms with van der Waals surface area (Å²) in [7, 11) is 0. The summed E-state index contributed by atoms with van der Waals surface area (Å²) in [6.45, 7) is 3.16. The smallest absolute Gasteiger partial charge is 0.255 e. The lowest BCUT2D eigenvalue weighted by Gasteiger charge is -2.10. The number of ether oxygens (including phenoxy) is 1. The lowest BCUT2D eigenvalue weighted by Crippen LogP contribution is -2.25. The monoisotopic (exact) mass is 283 g/mol. The zero-order valence-electron chi connectivity index (χ0n) is 11.5. The van der Waals surface area contributed by atoms with Crippen molar-refractivity contribution in [2.24, 2.45) is 0 Å². The van der Waals surface area contributed by atoms with Crippen LogP contribution in [0, 0.1) is 0 Å². The number of alkyl halides is 1. The zero-order valence-corrected chi connectivity index (χ0v) is 12.2. The van der Waals surface area contributed by atoms with Gasteiger partial charge in [-0.2, -0.15) is 0 Å². The van der Waals surface area contributed by atoms with E-state index in [4.69, 9.17) is 16.3 Å². The molecule has 1 aromatic carbocycles. The number of amides is 1. The number of para-hydroxylation sites is 1. The Bertz CT molecular complexity index is 382. The maximum absolute atomic E-state index is 12.0. The van der Waals surface area contributed by atoms with Crippen LogP contribution >= 0.6 is 11.6 Å². The van der Waals surface area contributed by atoms with E-state index in [0.29, 0.717) is 30.3 Å². The first-order valence-electron chi connectivity index (χ1n) is 6.85. The first kappa shape index (κ1) is 15.8. The number of hydrogen-bond donors (Lipinski definition) is 1. The van der Waals surface area contributed by atoms with Crippen LogP contribution in [-0.2, 0) is 0 Å². The van der Waals surface area contributed by atoms with E-state index >= 15 is 0 Å². The van der Waals surface area contributed by atoms with Gasteiger partial charge in [0.1, 0.15) is 5.75 Å². The summed E-state index contributed by atoms with van der Waals surface area (Å²) in [5, 5.41) is 2.92. The average molecular weight is 284 g/mol. The summed E-state index contributed by atoms with van der Waals surface area (Å²) in [6.07, 6.45) is 4.25. The molecule has 1 rings (SSSR count). The highest BCUT2D eigenvalue weighted by molar-refractivity contribution is 6.17. The van der Waals surface area contributed by atoms with Gasteiger partial charge in [0.15, 0.2) is 0 Å². The van der Waals surface area contributed by atoms with E-state index in [2.05, 4.69) is 5.32 Å². The summed E-state index contributed by atoms with van der Waals surface area (Å²) >= 11 is 5.61. The Morgan fingerprint density at radius 2 is 1.95 bits per heavy atom. The second-order valence-corrected chi connectivity index (χ2v) is 4.67. The predicted octanol–water partition coefficient (Wildman–Crippen LogP) is 3.61. The average Bonchev–Trinajstić information content (AvgIpc) is 2.43. The lowest BCUT2D eigenvalue weighted by atomic mass is 10.1. The Morgan fingerprint density at radius 1 is 1.21 bits per heavy atom. The van der Waals surface area contributed by atoms with Crippen molar-refractivity contribution >= 4 is 17.5 Å². The van der Waals surface area contributed by atoms with Crippen molar-refractivity contribution in [2.45, 2.75) is 32.6 Å². The normalized spacial score (nSPS) is 10.2. The van der Waals surface area contributed by atoms with Gasteiger partial charge in [0.05, 0.1) is 12.2 Å². The Balaban J connectivity index is 2.36. The maximum atomic E-state index is 12.0. The number of carbonyl (C=O) groups excluding carboxylic acids is 1. The summed E-state index contributed by atoms with van der Waals surface area (Å²) in [5.74, 6) is 1.29. The van der Waals surface area contributed by atoms with Gasteiger partial charge in [0, 0.05) is 12.4 Å². The van der Waals surface area contributed by atoms with Gasteiger partial charge in [0.25, 0.3) is 5.91 Å².